The molecule has 0 atom stereocenters. The van der Waals surface area contributed by atoms with Crippen LogP contribution >= 0.6 is 7.05 Å². The number of amides is 1. The molecule has 0 radical (unpaired) electrons. The van der Waals surface area contributed by atoms with E-state index in [9.17, 15) is 14.9 Å². The zero-order valence-corrected chi connectivity index (χ0v) is 27.6. The fourth-order valence-electron chi connectivity index (χ4n) is 5.39. The summed E-state index contributed by atoms with van der Waals surface area (Å²) in [4.78, 5) is 40.7. The lowest BCUT2D eigenvalue weighted by atomic mass is 10.3. The van der Waals surface area contributed by atoms with Crippen LogP contribution in [0.2, 0.25) is 0 Å². The Morgan fingerprint density at radius 2 is 1.53 bits per heavy atom. The summed E-state index contributed by atoms with van der Waals surface area (Å²) < 4.78 is 22.6. The number of hydrogen-bond donors (Lipinski definition) is 0. The third-order valence-corrected chi connectivity index (χ3v) is 11.2. The van der Waals surface area contributed by atoms with Crippen LogP contribution in [0.4, 0.5) is 22.1 Å². The van der Waals surface area contributed by atoms with Crippen LogP contribution in [0, 0.1) is 10.1 Å². The smallest absolute Gasteiger partial charge is 0.416 e. The molecule has 49 heavy (non-hydrogen) atoms. The molecular weight excluding hydrogens is 643 g/mol. The van der Waals surface area contributed by atoms with Crippen LogP contribution < -0.4 is 30.3 Å². The number of fused-ring (bicyclic) bond motifs is 3. The topological polar surface area (TPSA) is 142 Å². The Balaban J connectivity index is 1.71. The molecule has 1 aliphatic rings. The average Bonchev–Trinajstić information content (AvgIpc) is 3.13. The summed E-state index contributed by atoms with van der Waals surface area (Å²) in [5.41, 5.74) is -0.237. The maximum absolute atomic E-state index is 13.7. The van der Waals surface area contributed by atoms with E-state index in [1.54, 1.807) is 31.3 Å². The second-order valence-electron chi connectivity index (χ2n) is 10.7. The highest BCUT2D eigenvalue weighted by Crippen LogP contribution is 2.51. The van der Waals surface area contributed by atoms with Gasteiger partial charge in [-0.2, -0.15) is 9.97 Å². The molecule has 3 heterocycles. The normalized spacial score (nSPS) is 13.9. The summed E-state index contributed by atoms with van der Waals surface area (Å²) >= 11 is 0. The number of aromatic nitrogens is 3. The highest BCUT2D eigenvalue weighted by molar-refractivity contribution is 7.87. The van der Waals surface area contributed by atoms with E-state index in [4.69, 9.17) is 19.0 Å². The van der Waals surface area contributed by atoms with E-state index in [2.05, 4.69) is 15.0 Å². The maximum atomic E-state index is 13.7. The van der Waals surface area contributed by atoms with Gasteiger partial charge in [-0.1, -0.05) is 103 Å². The van der Waals surface area contributed by atoms with Gasteiger partial charge in [0, 0.05) is 22.1 Å². The number of nitrogens with zero attached hydrogens (tertiary/aromatic N) is 6. The first-order valence-corrected chi connectivity index (χ1v) is 17.4. The molecule has 0 saturated heterocycles. The van der Waals surface area contributed by atoms with Gasteiger partial charge in [0.05, 0.1) is 31.7 Å². The SMILES string of the molecule is CCOC(=O)N1Cc2ncccc2OCC/C=C\COc2nc(N=P(c3ccccc3)(c3ccccc3)c3ccccc3)c([N+](=O)[O-])c1n2. The van der Waals surface area contributed by atoms with Crippen molar-refractivity contribution in [3.8, 4) is 11.8 Å². The summed E-state index contributed by atoms with van der Waals surface area (Å²) in [6.45, 7) is 1.80. The average molecular weight is 677 g/mol. The fourth-order valence-corrected chi connectivity index (χ4v) is 8.86. The van der Waals surface area contributed by atoms with Crippen molar-refractivity contribution in [2.75, 3.05) is 24.7 Å². The zero-order chi connectivity index (χ0) is 34.1. The van der Waals surface area contributed by atoms with Crippen molar-refractivity contribution in [1.29, 1.82) is 0 Å². The van der Waals surface area contributed by atoms with E-state index >= 15 is 0 Å². The first kappa shape index (κ1) is 33.0. The Kier molecular flexibility index (Phi) is 10.4. The molecule has 1 amide bonds. The molecule has 1 aliphatic heterocycles. The second-order valence-corrected chi connectivity index (χ2v) is 13.7. The van der Waals surface area contributed by atoms with Gasteiger partial charge in [0.1, 0.15) is 18.1 Å². The van der Waals surface area contributed by atoms with Crippen LogP contribution in [0.15, 0.2) is 126 Å². The fraction of sp³-hybridized carbons (Fsp3) is 0.167. The zero-order valence-electron chi connectivity index (χ0n) is 26.7. The highest BCUT2D eigenvalue weighted by atomic mass is 31.2. The monoisotopic (exact) mass is 676 g/mol. The molecule has 0 fully saturated rings. The van der Waals surface area contributed by atoms with Crippen molar-refractivity contribution >= 4 is 46.4 Å². The molecule has 13 heteroatoms. The van der Waals surface area contributed by atoms with E-state index in [-0.39, 0.29) is 37.4 Å². The number of carbonyl (C=O) groups excluding carboxylic acids is 1. The minimum atomic E-state index is -3.06. The van der Waals surface area contributed by atoms with Crippen LogP contribution in [0.3, 0.4) is 0 Å². The minimum Gasteiger partial charge on any atom is -0.491 e. The van der Waals surface area contributed by atoms with Gasteiger partial charge in [0.25, 0.3) is 0 Å². The van der Waals surface area contributed by atoms with E-state index in [0.717, 1.165) is 20.8 Å². The number of carbonyl (C=O) groups is 1. The van der Waals surface area contributed by atoms with Crippen LogP contribution in [-0.4, -0.2) is 45.8 Å². The van der Waals surface area contributed by atoms with Crippen LogP contribution in [0.1, 0.15) is 19.0 Å². The van der Waals surface area contributed by atoms with Crippen molar-refractivity contribution in [1.82, 2.24) is 15.0 Å². The molecule has 0 N–H and O–H groups in total. The van der Waals surface area contributed by atoms with E-state index < -0.39 is 23.8 Å². The van der Waals surface area contributed by atoms with Crippen LogP contribution in [-0.2, 0) is 11.3 Å². The molecule has 3 aromatic carbocycles. The molecule has 248 valence electrons. The van der Waals surface area contributed by atoms with E-state index in [0.29, 0.717) is 24.5 Å². The molecule has 0 aliphatic carbocycles. The maximum Gasteiger partial charge on any atom is 0.416 e. The van der Waals surface area contributed by atoms with Crippen molar-refractivity contribution in [3.63, 3.8) is 0 Å². The molecule has 5 aromatic rings. The first-order chi connectivity index (χ1) is 24.0. The number of anilines is 1. The largest absolute Gasteiger partial charge is 0.491 e. The Labute approximate surface area is 283 Å². The standard InChI is InChI=1S/C36H33N6O6P/c1-2-46-36(43)41-26-30-31(22-15-23-37-30)47-24-13-6-14-25-48-35-38-33(32(42(44)45)34(41)39-35)40-49(27-16-7-3-8-17-27,28-18-9-4-10-19-28)29-20-11-5-12-21-29/h3-12,14-23H,2,13,24-26H2,1H3/b14-6-. The lowest BCUT2D eigenvalue weighted by Crippen LogP contribution is -2.33. The Morgan fingerprint density at radius 1 is 0.898 bits per heavy atom. The van der Waals surface area contributed by atoms with Crippen LogP contribution in [0.5, 0.6) is 11.8 Å². The molecule has 0 saturated carbocycles. The number of benzene rings is 3. The number of ether oxygens (including phenoxy) is 3. The Hall–Kier alpha value is -5.87. The Morgan fingerprint density at radius 3 is 2.12 bits per heavy atom. The summed E-state index contributed by atoms with van der Waals surface area (Å²) in [7, 11) is -3.06. The minimum absolute atomic E-state index is 0.00976. The summed E-state index contributed by atoms with van der Waals surface area (Å²) in [6, 6.07) is 32.1. The molecule has 2 bridgehead atoms. The van der Waals surface area contributed by atoms with E-state index in [1.807, 2.05) is 97.1 Å². The van der Waals surface area contributed by atoms with Crippen molar-refractivity contribution in [3.05, 3.63) is 137 Å². The molecule has 0 spiro atoms. The van der Waals surface area contributed by atoms with E-state index in [1.165, 1.54) is 0 Å². The van der Waals surface area contributed by atoms with Crippen molar-refractivity contribution in [2.45, 2.75) is 19.9 Å². The number of nitro groups is 1. The quantitative estimate of drug-likeness (QED) is 0.0856. The Bertz CT molecular complexity index is 1910. The summed E-state index contributed by atoms with van der Waals surface area (Å²) in [6.07, 6.45) is 4.92. The molecule has 6 rings (SSSR count). The predicted octanol–water partition coefficient (Wildman–Crippen LogP) is 6.47. The molecule has 0 unspecified atom stereocenters. The highest BCUT2D eigenvalue weighted by Gasteiger charge is 2.37. The van der Waals surface area contributed by atoms with Gasteiger partial charge in [-0.3, -0.25) is 15.1 Å². The van der Waals surface area contributed by atoms with Crippen LogP contribution in [0.25, 0.3) is 0 Å². The number of hydrogen-bond acceptors (Lipinski definition) is 10. The number of pyridine rings is 1. The second kappa shape index (κ2) is 15.4. The molecule has 2 aromatic heterocycles. The summed E-state index contributed by atoms with van der Waals surface area (Å²) in [5.74, 6) is -0.183. The predicted molar refractivity (Wildman–Crippen MR) is 188 cm³/mol. The van der Waals surface area contributed by atoms with Gasteiger partial charge in [-0.05, 0) is 25.5 Å². The lowest BCUT2D eigenvalue weighted by Gasteiger charge is -2.27. The van der Waals surface area contributed by atoms with Gasteiger partial charge in [-0.15, -0.1) is 0 Å². The third kappa shape index (κ3) is 7.19. The van der Waals surface area contributed by atoms with Crippen molar-refractivity contribution < 1.29 is 23.9 Å². The third-order valence-electron chi connectivity index (χ3n) is 7.56. The summed E-state index contributed by atoms with van der Waals surface area (Å²) in [5, 5.41) is 15.7. The molecular formula is C36H33N6O6P. The lowest BCUT2D eigenvalue weighted by molar-refractivity contribution is -0.383. The van der Waals surface area contributed by atoms with Crippen molar-refractivity contribution in [2.24, 2.45) is 4.74 Å². The van der Waals surface area contributed by atoms with Gasteiger partial charge in [-0.25, -0.2) is 14.4 Å². The van der Waals surface area contributed by atoms with Gasteiger partial charge in [0.15, 0.2) is 0 Å². The number of rotatable bonds is 6. The van der Waals surface area contributed by atoms with Gasteiger partial charge in [0.2, 0.25) is 11.6 Å². The first-order valence-electron chi connectivity index (χ1n) is 15.7. The van der Waals surface area contributed by atoms with Gasteiger partial charge < -0.3 is 14.2 Å². The van der Waals surface area contributed by atoms with Gasteiger partial charge >= 0.3 is 17.8 Å². The molecule has 12 nitrogen and oxygen atoms in total.